The van der Waals surface area contributed by atoms with Gasteiger partial charge in [0.2, 0.25) is 0 Å². The highest BCUT2D eigenvalue weighted by Gasteiger charge is 2.21. The molecule has 2 nitrogen and oxygen atoms in total. The Morgan fingerprint density at radius 2 is 1.00 bits per heavy atom. The van der Waals surface area contributed by atoms with Gasteiger partial charge in [-0.1, -0.05) is 104 Å². The van der Waals surface area contributed by atoms with E-state index in [1.807, 2.05) is 0 Å². The van der Waals surface area contributed by atoms with Crippen LogP contribution in [0.2, 0.25) is 0 Å². The van der Waals surface area contributed by atoms with E-state index in [0.29, 0.717) is 0 Å². The second-order valence-corrected chi connectivity index (χ2v) is 7.72. The van der Waals surface area contributed by atoms with Gasteiger partial charge in [0.1, 0.15) is 0 Å². The zero-order valence-corrected chi connectivity index (χ0v) is 16.8. The summed E-state index contributed by atoms with van der Waals surface area (Å²) in [7, 11) is 2.13. The molecule has 0 aromatic heterocycles. The predicted octanol–water partition coefficient (Wildman–Crippen LogP) is 6.48. The van der Waals surface area contributed by atoms with Gasteiger partial charge in [-0.05, 0) is 26.9 Å². The largest absolute Gasteiger partial charge is 0.313 e. The summed E-state index contributed by atoms with van der Waals surface area (Å²) in [5.41, 5.74) is 6.22. The molecule has 1 atom stereocenters. The maximum atomic E-state index is 6.34. The summed E-state index contributed by atoms with van der Waals surface area (Å²) in [4.78, 5) is 2.26. The van der Waals surface area contributed by atoms with E-state index in [9.17, 15) is 0 Å². The van der Waals surface area contributed by atoms with Crippen LogP contribution in [0.15, 0.2) is 0 Å². The summed E-state index contributed by atoms with van der Waals surface area (Å²) in [5, 5.41) is 0. The molecule has 0 aliphatic rings. The predicted molar refractivity (Wildman–Crippen MR) is 106 cm³/mol. The molecule has 23 heavy (non-hydrogen) atoms. The molecule has 0 saturated heterocycles. The lowest BCUT2D eigenvalue weighted by Crippen LogP contribution is -2.51. The first kappa shape index (κ1) is 22.9. The normalized spacial score (nSPS) is 14.3. The van der Waals surface area contributed by atoms with Gasteiger partial charge in [-0.15, -0.1) is 0 Å². The topological polar surface area (TPSA) is 29.3 Å². The Kier molecular flexibility index (Phi) is 15.4. The van der Waals surface area contributed by atoms with Crippen LogP contribution >= 0.6 is 0 Å². The first-order valence-electron chi connectivity index (χ1n) is 10.5. The highest BCUT2D eigenvalue weighted by atomic mass is 15.2. The van der Waals surface area contributed by atoms with E-state index in [-0.39, 0.29) is 5.66 Å². The van der Waals surface area contributed by atoms with Crippen molar-refractivity contribution in [2.75, 3.05) is 13.6 Å². The molecule has 1 unspecified atom stereocenters. The molecule has 0 saturated carbocycles. The first-order chi connectivity index (χ1) is 11.0. The van der Waals surface area contributed by atoms with E-state index in [0.717, 1.165) is 13.0 Å². The van der Waals surface area contributed by atoms with Crippen LogP contribution in [0.5, 0.6) is 0 Å². The molecule has 2 N–H and O–H groups in total. The molecular weight excluding hydrogens is 280 g/mol. The first-order valence-corrected chi connectivity index (χ1v) is 10.5. The average molecular weight is 327 g/mol. The third-order valence-electron chi connectivity index (χ3n) is 5.38. The Hall–Kier alpha value is -0.0800. The maximum absolute atomic E-state index is 6.34. The molecule has 0 spiro atoms. The van der Waals surface area contributed by atoms with Crippen LogP contribution in [0.25, 0.3) is 0 Å². The standard InChI is InChI=1S/C21H46N2/c1-5-7-8-9-10-11-12-13-14-15-16-17-18-19-20-21(3,22)23(4)6-2/h5-20,22H2,1-4H3. The summed E-state index contributed by atoms with van der Waals surface area (Å²) in [6.07, 6.45) is 21.0. The Bertz CT molecular complexity index is 238. The molecule has 2 heteroatoms. The van der Waals surface area contributed by atoms with Crippen LogP contribution in [-0.4, -0.2) is 24.2 Å². The lowest BCUT2D eigenvalue weighted by atomic mass is 10.0. The molecule has 0 fully saturated rings. The fourth-order valence-electron chi connectivity index (χ4n) is 3.23. The summed E-state index contributed by atoms with van der Waals surface area (Å²) < 4.78 is 0. The van der Waals surface area contributed by atoms with Crippen molar-refractivity contribution in [2.24, 2.45) is 5.73 Å². The summed E-state index contributed by atoms with van der Waals surface area (Å²) in [5.74, 6) is 0. The molecule has 0 aliphatic heterocycles. The average Bonchev–Trinajstić information content (AvgIpc) is 2.54. The number of nitrogens with two attached hydrogens (primary N) is 1. The molecule has 0 amide bonds. The van der Waals surface area contributed by atoms with Crippen LogP contribution in [0, 0.1) is 0 Å². The van der Waals surface area contributed by atoms with Gasteiger partial charge in [0.05, 0.1) is 5.66 Å². The Balaban J connectivity index is 3.22. The van der Waals surface area contributed by atoms with Crippen LogP contribution in [-0.2, 0) is 0 Å². The highest BCUT2D eigenvalue weighted by Crippen LogP contribution is 2.17. The number of nitrogens with zero attached hydrogens (tertiary/aromatic N) is 1. The summed E-state index contributed by atoms with van der Waals surface area (Å²) >= 11 is 0. The third-order valence-corrected chi connectivity index (χ3v) is 5.38. The molecule has 0 aliphatic carbocycles. The van der Waals surface area contributed by atoms with Gasteiger partial charge in [0, 0.05) is 0 Å². The van der Waals surface area contributed by atoms with Gasteiger partial charge < -0.3 is 5.73 Å². The maximum Gasteiger partial charge on any atom is 0.0655 e. The van der Waals surface area contributed by atoms with Crippen molar-refractivity contribution in [3.63, 3.8) is 0 Å². The van der Waals surface area contributed by atoms with Crippen LogP contribution in [0.4, 0.5) is 0 Å². The van der Waals surface area contributed by atoms with Gasteiger partial charge in [0.25, 0.3) is 0 Å². The fourth-order valence-corrected chi connectivity index (χ4v) is 3.23. The van der Waals surface area contributed by atoms with E-state index >= 15 is 0 Å². The van der Waals surface area contributed by atoms with Crippen molar-refractivity contribution < 1.29 is 0 Å². The minimum atomic E-state index is -0.119. The van der Waals surface area contributed by atoms with Crippen molar-refractivity contribution in [1.82, 2.24) is 4.90 Å². The Labute approximate surface area is 147 Å². The van der Waals surface area contributed by atoms with Crippen molar-refractivity contribution in [3.05, 3.63) is 0 Å². The van der Waals surface area contributed by atoms with Crippen molar-refractivity contribution in [3.8, 4) is 0 Å². The molecule has 140 valence electrons. The number of rotatable bonds is 17. The van der Waals surface area contributed by atoms with Gasteiger partial charge in [-0.25, -0.2) is 0 Å². The fraction of sp³-hybridized carbons (Fsp3) is 1.00. The third kappa shape index (κ3) is 14.0. The monoisotopic (exact) mass is 326 g/mol. The molecule has 0 aromatic carbocycles. The summed E-state index contributed by atoms with van der Waals surface area (Å²) in [6, 6.07) is 0. The lowest BCUT2D eigenvalue weighted by Gasteiger charge is -2.34. The zero-order valence-electron chi connectivity index (χ0n) is 16.8. The zero-order chi connectivity index (χ0) is 17.4. The molecular formula is C21H46N2. The quantitative estimate of drug-likeness (QED) is 0.245. The summed E-state index contributed by atoms with van der Waals surface area (Å²) in [6.45, 7) is 7.67. The lowest BCUT2D eigenvalue weighted by molar-refractivity contribution is 0.136. The number of hydrogen-bond acceptors (Lipinski definition) is 2. The van der Waals surface area contributed by atoms with Gasteiger partial charge in [-0.3, -0.25) is 4.90 Å². The Morgan fingerprint density at radius 1 is 0.652 bits per heavy atom. The molecule has 0 heterocycles. The van der Waals surface area contributed by atoms with E-state index in [2.05, 4.69) is 32.7 Å². The second-order valence-electron chi connectivity index (χ2n) is 7.72. The van der Waals surface area contributed by atoms with Gasteiger partial charge in [0.15, 0.2) is 0 Å². The van der Waals surface area contributed by atoms with Gasteiger partial charge >= 0.3 is 0 Å². The van der Waals surface area contributed by atoms with Crippen LogP contribution in [0.3, 0.4) is 0 Å². The van der Waals surface area contributed by atoms with Gasteiger partial charge in [-0.2, -0.15) is 0 Å². The second kappa shape index (κ2) is 15.4. The van der Waals surface area contributed by atoms with Crippen LogP contribution < -0.4 is 5.73 Å². The molecule has 0 radical (unpaired) electrons. The van der Waals surface area contributed by atoms with Crippen molar-refractivity contribution in [2.45, 2.75) is 123 Å². The number of unbranched alkanes of at least 4 members (excludes halogenated alkanes) is 13. The number of hydrogen-bond donors (Lipinski definition) is 1. The Morgan fingerprint density at radius 3 is 1.35 bits per heavy atom. The molecule has 0 rings (SSSR count). The molecule has 0 bridgehead atoms. The van der Waals surface area contributed by atoms with E-state index in [4.69, 9.17) is 5.73 Å². The molecule has 0 aromatic rings. The SMILES string of the molecule is CCCCCCCCCCCCCCCCC(C)(N)N(C)CC. The van der Waals surface area contributed by atoms with Crippen molar-refractivity contribution in [1.29, 1.82) is 0 Å². The minimum absolute atomic E-state index is 0.119. The van der Waals surface area contributed by atoms with E-state index in [1.165, 1.54) is 89.9 Å². The smallest absolute Gasteiger partial charge is 0.0655 e. The van der Waals surface area contributed by atoms with Crippen molar-refractivity contribution >= 4 is 0 Å². The van der Waals surface area contributed by atoms with E-state index < -0.39 is 0 Å². The highest BCUT2D eigenvalue weighted by molar-refractivity contribution is 4.76. The van der Waals surface area contributed by atoms with Crippen LogP contribution in [0.1, 0.15) is 117 Å². The van der Waals surface area contributed by atoms with E-state index in [1.54, 1.807) is 0 Å². The minimum Gasteiger partial charge on any atom is -0.313 e.